The van der Waals surface area contributed by atoms with Gasteiger partial charge in [-0.05, 0) is 43.5 Å². The summed E-state index contributed by atoms with van der Waals surface area (Å²) in [4.78, 5) is 14.5. The van der Waals surface area contributed by atoms with Crippen molar-refractivity contribution in [1.82, 2.24) is 4.90 Å². The SMILES string of the molecule is COc1ccccc1/C=C/CN(C(=O)Nc1ccc(C(C)C)cc1)C(C)C. The zero-order valence-corrected chi connectivity index (χ0v) is 16.9. The standard InChI is InChI=1S/C23H30N2O2/c1-17(2)19-12-14-21(15-13-19)24-23(26)25(18(3)4)16-8-10-20-9-6-7-11-22(20)27-5/h6-15,17-18H,16H2,1-5H3,(H,24,26)/b10-8+. The highest BCUT2D eigenvalue weighted by Crippen LogP contribution is 2.19. The molecule has 2 aromatic carbocycles. The third-order valence-electron chi connectivity index (χ3n) is 4.45. The quantitative estimate of drug-likeness (QED) is 0.675. The van der Waals surface area contributed by atoms with E-state index in [-0.39, 0.29) is 12.1 Å². The van der Waals surface area contributed by atoms with E-state index < -0.39 is 0 Å². The van der Waals surface area contributed by atoms with Crippen LogP contribution in [-0.2, 0) is 0 Å². The van der Waals surface area contributed by atoms with Gasteiger partial charge in [-0.1, -0.05) is 56.3 Å². The van der Waals surface area contributed by atoms with Crippen LogP contribution in [0.5, 0.6) is 5.75 Å². The van der Waals surface area contributed by atoms with Gasteiger partial charge >= 0.3 is 6.03 Å². The van der Waals surface area contributed by atoms with Crippen molar-refractivity contribution < 1.29 is 9.53 Å². The molecule has 4 heteroatoms. The molecular weight excluding hydrogens is 336 g/mol. The normalized spacial score (nSPS) is 11.2. The lowest BCUT2D eigenvalue weighted by atomic mass is 10.0. The molecule has 0 heterocycles. The lowest BCUT2D eigenvalue weighted by Gasteiger charge is -2.25. The van der Waals surface area contributed by atoms with Gasteiger partial charge in [-0.3, -0.25) is 0 Å². The molecule has 0 saturated heterocycles. The number of para-hydroxylation sites is 1. The number of nitrogens with zero attached hydrogens (tertiary/aromatic N) is 1. The summed E-state index contributed by atoms with van der Waals surface area (Å²) < 4.78 is 5.36. The van der Waals surface area contributed by atoms with Crippen LogP contribution in [0.1, 0.15) is 44.7 Å². The molecule has 0 unspecified atom stereocenters. The van der Waals surface area contributed by atoms with Gasteiger partial charge in [0.1, 0.15) is 5.75 Å². The van der Waals surface area contributed by atoms with Crippen molar-refractivity contribution in [2.75, 3.05) is 19.0 Å². The number of rotatable bonds is 7. The molecule has 0 radical (unpaired) electrons. The number of hydrogen-bond donors (Lipinski definition) is 1. The third kappa shape index (κ3) is 5.88. The van der Waals surface area contributed by atoms with E-state index in [9.17, 15) is 4.79 Å². The Bertz CT molecular complexity index is 764. The van der Waals surface area contributed by atoms with Crippen LogP contribution in [-0.4, -0.2) is 30.6 Å². The first-order valence-electron chi connectivity index (χ1n) is 9.39. The van der Waals surface area contributed by atoms with Gasteiger partial charge in [-0.2, -0.15) is 0 Å². The number of hydrogen-bond acceptors (Lipinski definition) is 2. The van der Waals surface area contributed by atoms with Crippen molar-refractivity contribution in [3.05, 3.63) is 65.7 Å². The van der Waals surface area contributed by atoms with Crippen molar-refractivity contribution in [1.29, 1.82) is 0 Å². The molecule has 27 heavy (non-hydrogen) atoms. The highest BCUT2D eigenvalue weighted by Gasteiger charge is 2.15. The highest BCUT2D eigenvalue weighted by atomic mass is 16.5. The van der Waals surface area contributed by atoms with E-state index >= 15 is 0 Å². The van der Waals surface area contributed by atoms with E-state index in [0.29, 0.717) is 12.5 Å². The Morgan fingerprint density at radius 1 is 1.07 bits per heavy atom. The maximum Gasteiger partial charge on any atom is 0.322 e. The van der Waals surface area contributed by atoms with E-state index in [1.54, 1.807) is 12.0 Å². The molecule has 0 atom stereocenters. The summed E-state index contributed by atoms with van der Waals surface area (Å²) in [7, 11) is 1.66. The molecule has 0 spiro atoms. The summed E-state index contributed by atoms with van der Waals surface area (Å²) in [5.41, 5.74) is 3.06. The van der Waals surface area contributed by atoms with E-state index in [1.165, 1.54) is 5.56 Å². The Morgan fingerprint density at radius 3 is 2.33 bits per heavy atom. The van der Waals surface area contributed by atoms with Crippen molar-refractivity contribution in [3.63, 3.8) is 0 Å². The molecule has 4 nitrogen and oxygen atoms in total. The first-order valence-corrected chi connectivity index (χ1v) is 9.39. The second kappa shape index (κ2) is 9.81. The van der Waals surface area contributed by atoms with Crippen LogP contribution in [0.25, 0.3) is 6.08 Å². The predicted octanol–water partition coefficient (Wildman–Crippen LogP) is 5.77. The number of urea groups is 1. The summed E-state index contributed by atoms with van der Waals surface area (Å²) in [6.45, 7) is 8.85. The van der Waals surface area contributed by atoms with Gasteiger partial charge in [-0.15, -0.1) is 0 Å². The Hall–Kier alpha value is -2.75. The molecule has 0 aliphatic rings. The molecule has 0 aliphatic carbocycles. The zero-order valence-electron chi connectivity index (χ0n) is 16.9. The average Bonchev–Trinajstić information content (AvgIpc) is 2.65. The molecule has 0 aromatic heterocycles. The smallest absolute Gasteiger partial charge is 0.322 e. The molecule has 0 saturated carbocycles. The van der Waals surface area contributed by atoms with Gasteiger partial charge < -0.3 is 15.0 Å². The van der Waals surface area contributed by atoms with Gasteiger partial charge in [0.05, 0.1) is 7.11 Å². The number of ether oxygens (including phenoxy) is 1. The van der Waals surface area contributed by atoms with Gasteiger partial charge in [0, 0.05) is 23.8 Å². The minimum atomic E-state index is -0.105. The van der Waals surface area contributed by atoms with Gasteiger partial charge in [0.25, 0.3) is 0 Å². The molecular formula is C23H30N2O2. The molecule has 2 amide bonds. The fourth-order valence-electron chi connectivity index (χ4n) is 2.77. The summed E-state index contributed by atoms with van der Waals surface area (Å²) in [5.74, 6) is 1.29. The van der Waals surface area contributed by atoms with Crippen LogP contribution in [0.4, 0.5) is 10.5 Å². The van der Waals surface area contributed by atoms with Crippen LogP contribution in [0.3, 0.4) is 0 Å². The number of carbonyl (C=O) groups excluding carboxylic acids is 1. The van der Waals surface area contributed by atoms with Crippen molar-refractivity contribution in [2.45, 2.75) is 39.7 Å². The monoisotopic (exact) mass is 366 g/mol. The maximum atomic E-state index is 12.7. The number of methoxy groups -OCH3 is 1. The van der Waals surface area contributed by atoms with E-state index in [2.05, 4.69) is 31.3 Å². The van der Waals surface area contributed by atoms with Crippen molar-refractivity contribution in [3.8, 4) is 5.75 Å². The summed E-state index contributed by atoms with van der Waals surface area (Å²) in [5, 5.41) is 2.99. The second-order valence-electron chi connectivity index (χ2n) is 7.10. The third-order valence-corrected chi connectivity index (χ3v) is 4.45. The van der Waals surface area contributed by atoms with Gasteiger partial charge in [-0.25, -0.2) is 4.79 Å². The maximum absolute atomic E-state index is 12.7. The lowest BCUT2D eigenvalue weighted by molar-refractivity contribution is 0.204. The first kappa shape index (κ1) is 20.6. The molecule has 1 N–H and O–H groups in total. The zero-order chi connectivity index (χ0) is 19.8. The molecule has 0 aliphatic heterocycles. The van der Waals surface area contributed by atoms with Crippen LogP contribution in [0.2, 0.25) is 0 Å². The second-order valence-corrected chi connectivity index (χ2v) is 7.10. The summed E-state index contributed by atoms with van der Waals surface area (Å²) in [6, 6.07) is 15.8. The minimum absolute atomic E-state index is 0.0854. The highest BCUT2D eigenvalue weighted by molar-refractivity contribution is 5.89. The number of nitrogens with one attached hydrogen (secondary N) is 1. The topological polar surface area (TPSA) is 41.6 Å². The molecule has 0 bridgehead atoms. The molecule has 144 valence electrons. The number of amides is 2. The van der Waals surface area contributed by atoms with Crippen molar-refractivity contribution >= 4 is 17.8 Å². The van der Waals surface area contributed by atoms with Crippen LogP contribution in [0.15, 0.2) is 54.6 Å². The van der Waals surface area contributed by atoms with Gasteiger partial charge in [0.15, 0.2) is 0 Å². The van der Waals surface area contributed by atoms with Crippen molar-refractivity contribution in [2.24, 2.45) is 0 Å². The average molecular weight is 367 g/mol. The molecule has 2 aromatic rings. The Balaban J connectivity index is 2.03. The van der Waals surface area contributed by atoms with Crippen LogP contribution in [0, 0.1) is 0 Å². The largest absolute Gasteiger partial charge is 0.496 e. The Kier molecular flexibility index (Phi) is 7.47. The minimum Gasteiger partial charge on any atom is -0.496 e. The Morgan fingerprint density at radius 2 is 1.74 bits per heavy atom. The predicted molar refractivity (Wildman–Crippen MR) is 113 cm³/mol. The first-order chi connectivity index (χ1) is 12.9. The molecule has 2 rings (SSSR count). The number of anilines is 1. The van der Waals surface area contributed by atoms with E-state index in [1.807, 2.05) is 62.4 Å². The van der Waals surface area contributed by atoms with Gasteiger partial charge in [0.2, 0.25) is 0 Å². The summed E-state index contributed by atoms with van der Waals surface area (Å²) >= 11 is 0. The number of carbonyl (C=O) groups is 1. The fourth-order valence-corrected chi connectivity index (χ4v) is 2.77. The van der Waals surface area contributed by atoms with E-state index in [0.717, 1.165) is 17.0 Å². The molecule has 0 fully saturated rings. The van der Waals surface area contributed by atoms with Crippen LogP contribution >= 0.6 is 0 Å². The summed E-state index contributed by atoms with van der Waals surface area (Å²) in [6.07, 6.45) is 3.97. The Labute approximate surface area is 162 Å². The number of benzene rings is 2. The van der Waals surface area contributed by atoms with Crippen LogP contribution < -0.4 is 10.1 Å². The van der Waals surface area contributed by atoms with E-state index in [4.69, 9.17) is 4.74 Å². The fraction of sp³-hybridized carbons (Fsp3) is 0.348. The lowest BCUT2D eigenvalue weighted by Crippen LogP contribution is -2.40.